The number of ether oxygens (including phenoxy) is 1. The topological polar surface area (TPSA) is 58.6 Å². The van der Waals surface area contributed by atoms with Crippen molar-refractivity contribution in [2.24, 2.45) is 0 Å². The highest BCUT2D eigenvalue weighted by Crippen LogP contribution is 2.44. The van der Waals surface area contributed by atoms with Gasteiger partial charge in [-0.1, -0.05) is 48.5 Å². The van der Waals surface area contributed by atoms with Crippen molar-refractivity contribution in [3.8, 4) is 0 Å². The fourth-order valence-corrected chi connectivity index (χ4v) is 6.13. The molecule has 2 heterocycles. The van der Waals surface area contributed by atoms with E-state index < -0.39 is 5.92 Å². The number of hydrogen-bond acceptors (Lipinski definition) is 4. The Kier molecular flexibility index (Phi) is 6.29. The molecule has 0 saturated carbocycles. The smallest absolute Gasteiger partial charge is 0.254 e. The van der Waals surface area contributed by atoms with Gasteiger partial charge in [0.15, 0.2) is 0 Å². The van der Waals surface area contributed by atoms with Crippen LogP contribution in [0.1, 0.15) is 62.8 Å². The molecule has 170 valence electrons. The number of carbonyl (C=O) groups is 2. The number of thiophene rings is 1. The first-order valence-electron chi connectivity index (χ1n) is 11.5. The average molecular weight is 461 g/mol. The first-order chi connectivity index (χ1) is 16.2. The first-order valence-corrected chi connectivity index (χ1v) is 12.4. The first kappa shape index (κ1) is 21.9. The molecule has 2 aromatic carbocycles. The zero-order valence-electron chi connectivity index (χ0n) is 18.7. The van der Waals surface area contributed by atoms with Gasteiger partial charge in [-0.15, -0.1) is 11.3 Å². The Labute approximate surface area is 198 Å². The summed E-state index contributed by atoms with van der Waals surface area (Å²) in [6.07, 6.45) is 3.02. The van der Waals surface area contributed by atoms with Gasteiger partial charge in [-0.05, 0) is 53.5 Å². The van der Waals surface area contributed by atoms with E-state index in [1.807, 2.05) is 52.7 Å². The summed E-state index contributed by atoms with van der Waals surface area (Å²) in [5.74, 6) is -0.561. The van der Waals surface area contributed by atoms with Crippen LogP contribution < -0.4 is 5.32 Å². The number of carbonyl (C=O) groups excluding carboxylic acids is 2. The van der Waals surface area contributed by atoms with E-state index in [-0.39, 0.29) is 23.9 Å². The van der Waals surface area contributed by atoms with Crippen molar-refractivity contribution in [2.45, 2.75) is 37.3 Å². The zero-order valence-corrected chi connectivity index (χ0v) is 19.5. The van der Waals surface area contributed by atoms with Gasteiger partial charge in [-0.25, -0.2) is 0 Å². The van der Waals surface area contributed by atoms with Crippen molar-refractivity contribution in [3.63, 3.8) is 0 Å². The Morgan fingerprint density at radius 2 is 1.88 bits per heavy atom. The van der Waals surface area contributed by atoms with Gasteiger partial charge in [0, 0.05) is 24.1 Å². The van der Waals surface area contributed by atoms with E-state index in [1.54, 1.807) is 18.4 Å². The Balaban J connectivity index is 1.55. The zero-order chi connectivity index (χ0) is 22.8. The quantitative estimate of drug-likeness (QED) is 0.571. The third kappa shape index (κ3) is 4.09. The van der Waals surface area contributed by atoms with E-state index in [1.165, 1.54) is 11.1 Å². The standard InChI is InChI=1S/C27H28N2O3S/c1-32-16-15-29-25(23-14-7-17-33-23)24(20-11-4-5-12-21(20)27(29)31)26(30)28-22-13-6-9-18-8-2-3-10-19(18)22/h2-5,7-8,10-12,14,17,22,24-25H,6,9,13,15-16H2,1H3,(H,28,30). The molecule has 1 aliphatic heterocycles. The molecular weight excluding hydrogens is 432 g/mol. The molecule has 0 spiro atoms. The molecule has 2 amide bonds. The molecule has 1 aromatic heterocycles. The summed E-state index contributed by atoms with van der Waals surface area (Å²) in [5, 5.41) is 5.37. The molecule has 3 atom stereocenters. The van der Waals surface area contributed by atoms with Gasteiger partial charge in [-0.2, -0.15) is 0 Å². The molecule has 1 N–H and O–H groups in total. The molecule has 3 unspecified atom stereocenters. The number of rotatable bonds is 6. The second-order valence-electron chi connectivity index (χ2n) is 8.67. The van der Waals surface area contributed by atoms with Gasteiger partial charge in [0.1, 0.15) is 0 Å². The van der Waals surface area contributed by atoms with Gasteiger partial charge >= 0.3 is 0 Å². The molecule has 2 aliphatic rings. The number of benzene rings is 2. The third-order valence-electron chi connectivity index (χ3n) is 6.78. The van der Waals surface area contributed by atoms with Crippen LogP contribution in [0.3, 0.4) is 0 Å². The van der Waals surface area contributed by atoms with Crippen LogP contribution in [0.5, 0.6) is 0 Å². The monoisotopic (exact) mass is 460 g/mol. The summed E-state index contributed by atoms with van der Waals surface area (Å²) in [5.41, 5.74) is 3.92. The Morgan fingerprint density at radius 1 is 1.09 bits per heavy atom. The maximum absolute atomic E-state index is 14.0. The fourth-order valence-electron chi connectivity index (χ4n) is 5.25. The van der Waals surface area contributed by atoms with Crippen molar-refractivity contribution in [2.75, 3.05) is 20.3 Å². The summed E-state index contributed by atoms with van der Waals surface area (Å²) in [7, 11) is 1.63. The summed E-state index contributed by atoms with van der Waals surface area (Å²) in [6, 6.07) is 19.6. The predicted molar refractivity (Wildman–Crippen MR) is 129 cm³/mol. The highest BCUT2D eigenvalue weighted by atomic mass is 32.1. The molecule has 33 heavy (non-hydrogen) atoms. The van der Waals surface area contributed by atoms with Crippen LogP contribution in [0.15, 0.2) is 66.0 Å². The van der Waals surface area contributed by atoms with Gasteiger partial charge in [0.05, 0.1) is 24.6 Å². The van der Waals surface area contributed by atoms with Crippen LogP contribution >= 0.6 is 11.3 Å². The van der Waals surface area contributed by atoms with Gasteiger partial charge in [0.2, 0.25) is 5.91 Å². The molecule has 0 fully saturated rings. The number of amides is 2. The number of fused-ring (bicyclic) bond motifs is 2. The maximum atomic E-state index is 14.0. The molecule has 1 aliphatic carbocycles. The van der Waals surface area contributed by atoms with Crippen molar-refractivity contribution in [1.29, 1.82) is 0 Å². The second kappa shape index (κ2) is 9.49. The number of hydrogen-bond donors (Lipinski definition) is 1. The molecule has 5 rings (SSSR count). The van der Waals surface area contributed by atoms with Gasteiger partial charge in [0.25, 0.3) is 5.91 Å². The Bertz CT molecular complexity index is 1140. The largest absolute Gasteiger partial charge is 0.383 e. The van der Waals surface area contributed by atoms with E-state index in [2.05, 4.69) is 23.5 Å². The van der Waals surface area contributed by atoms with Crippen LogP contribution in [-0.4, -0.2) is 37.0 Å². The third-order valence-corrected chi connectivity index (χ3v) is 7.72. The Hall–Kier alpha value is -2.96. The van der Waals surface area contributed by atoms with Crippen LogP contribution in [-0.2, 0) is 16.0 Å². The summed E-state index contributed by atoms with van der Waals surface area (Å²) in [4.78, 5) is 30.3. The molecule has 6 heteroatoms. The molecular formula is C27H28N2O3S. The number of aryl methyl sites for hydroxylation is 1. The number of nitrogens with one attached hydrogen (secondary N) is 1. The van der Waals surface area contributed by atoms with E-state index in [0.717, 1.165) is 29.7 Å². The predicted octanol–water partition coefficient (Wildman–Crippen LogP) is 4.87. The minimum Gasteiger partial charge on any atom is -0.383 e. The molecule has 3 aromatic rings. The highest BCUT2D eigenvalue weighted by Gasteiger charge is 2.45. The van der Waals surface area contributed by atoms with Crippen molar-refractivity contribution in [1.82, 2.24) is 10.2 Å². The van der Waals surface area contributed by atoms with Crippen molar-refractivity contribution >= 4 is 23.2 Å². The Morgan fingerprint density at radius 3 is 2.67 bits per heavy atom. The lowest BCUT2D eigenvalue weighted by Crippen LogP contribution is -2.48. The molecule has 0 radical (unpaired) electrons. The minimum atomic E-state index is -0.483. The SMILES string of the molecule is COCCN1C(=O)c2ccccc2C(C(=O)NC2CCCc3ccccc32)C1c1cccs1. The van der Waals surface area contributed by atoms with Crippen molar-refractivity contribution in [3.05, 3.63) is 93.2 Å². The summed E-state index contributed by atoms with van der Waals surface area (Å²) >= 11 is 1.58. The number of nitrogens with zero attached hydrogens (tertiary/aromatic N) is 1. The lowest BCUT2D eigenvalue weighted by molar-refractivity contribution is -0.125. The molecule has 5 nitrogen and oxygen atoms in total. The summed E-state index contributed by atoms with van der Waals surface area (Å²) in [6.45, 7) is 0.850. The second-order valence-corrected chi connectivity index (χ2v) is 9.65. The van der Waals surface area contributed by atoms with E-state index in [9.17, 15) is 9.59 Å². The van der Waals surface area contributed by atoms with Crippen LogP contribution in [0.25, 0.3) is 0 Å². The lowest BCUT2D eigenvalue weighted by Gasteiger charge is -2.41. The van der Waals surface area contributed by atoms with Gasteiger partial charge in [-0.3, -0.25) is 9.59 Å². The lowest BCUT2D eigenvalue weighted by atomic mass is 9.80. The van der Waals surface area contributed by atoms with E-state index in [4.69, 9.17) is 4.74 Å². The highest BCUT2D eigenvalue weighted by molar-refractivity contribution is 7.10. The fraction of sp³-hybridized carbons (Fsp3) is 0.333. The van der Waals surface area contributed by atoms with Crippen LogP contribution in [0.2, 0.25) is 0 Å². The minimum absolute atomic E-state index is 0.0105. The maximum Gasteiger partial charge on any atom is 0.254 e. The number of methoxy groups -OCH3 is 1. The van der Waals surface area contributed by atoms with Gasteiger partial charge < -0.3 is 15.0 Å². The van der Waals surface area contributed by atoms with Crippen LogP contribution in [0.4, 0.5) is 0 Å². The van der Waals surface area contributed by atoms with E-state index >= 15 is 0 Å². The summed E-state index contributed by atoms with van der Waals surface area (Å²) < 4.78 is 5.31. The normalized spacial score (nSPS) is 21.9. The molecule has 0 saturated heterocycles. The van der Waals surface area contributed by atoms with E-state index in [0.29, 0.717) is 18.7 Å². The molecule has 0 bridgehead atoms. The van der Waals surface area contributed by atoms with Crippen molar-refractivity contribution < 1.29 is 14.3 Å². The van der Waals surface area contributed by atoms with Crippen LogP contribution in [0, 0.1) is 0 Å². The average Bonchev–Trinajstić information content (AvgIpc) is 3.38.